The van der Waals surface area contributed by atoms with Gasteiger partial charge in [0.05, 0.1) is 22.9 Å². The van der Waals surface area contributed by atoms with Crippen LogP contribution in [0, 0.1) is 0 Å². The van der Waals surface area contributed by atoms with E-state index >= 15 is 0 Å². The predicted octanol–water partition coefficient (Wildman–Crippen LogP) is 3.05. The molecule has 0 saturated carbocycles. The Morgan fingerprint density at radius 2 is 2.05 bits per heavy atom. The lowest BCUT2D eigenvalue weighted by molar-refractivity contribution is -0.131. The fourth-order valence-corrected chi connectivity index (χ4v) is 2.73. The van der Waals surface area contributed by atoms with Gasteiger partial charge in [-0.3, -0.25) is 0 Å². The summed E-state index contributed by atoms with van der Waals surface area (Å²) in [6.45, 7) is 5.68. The Balaban J connectivity index is 2.19. The van der Waals surface area contributed by atoms with Crippen LogP contribution in [0.15, 0.2) is 24.3 Å². The number of rotatable bonds is 3. The van der Waals surface area contributed by atoms with E-state index < -0.39 is 5.97 Å². The summed E-state index contributed by atoms with van der Waals surface area (Å²) < 4.78 is 5.71. The molecule has 2 rings (SSSR count). The molecular formula is C15H18ClNO3. The molecule has 1 heterocycles. The van der Waals surface area contributed by atoms with Crippen LogP contribution in [-0.2, 0) is 9.53 Å². The van der Waals surface area contributed by atoms with Gasteiger partial charge in [-0.05, 0) is 37.6 Å². The number of nitrogens with zero attached hydrogens (tertiary/aromatic N) is 1. The fraction of sp³-hybridized carbons (Fsp3) is 0.400. The molecule has 4 nitrogen and oxygen atoms in total. The van der Waals surface area contributed by atoms with Gasteiger partial charge < -0.3 is 14.7 Å². The van der Waals surface area contributed by atoms with Crippen molar-refractivity contribution >= 4 is 29.3 Å². The minimum atomic E-state index is -0.971. The zero-order chi connectivity index (χ0) is 14.7. The van der Waals surface area contributed by atoms with Gasteiger partial charge in [0.25, 0.3) is 0 Å². The third-order valence-corrected chi connectivity index (χ3v) is 3.45. The molecule has 1 aliphatic rings. The van der Waals surface area contributed by atoms with E-state index in [1.54, 1.807) is 6.07 Å². The van der Waals surface area contributed by atoms with Gasteiger partial charge in [0.1, 0.15) is 0 Å². The highest BCUT2D eigenvalue weighted by Gasteiger charge is 2.23. The lowest BCUT2D eigenvalue weighted by atomic mass is 10.1. The number of ether oxygens (including phenoxy) is 1. The molecule has 1 N–H and O–H groups in total. The molecule has 0 aliphatic carbocycles. The minimum Gasteiger partial charge on any atom is -0.478 e. The first-order chi connectivity index (χ1) is 9.45. The monoisotopic (exact) mass is 295 g/mol. The summed E-state index contributed by atoms with van der Waals surface area (Å²) in [5, 5.41) is 9.24. The smallest absolute Gasteiger partial charge is 0.328 e. The molecule has 1 saturated heterocycles. The number of carboxylic acids is 1. The first-order valence-corrected chi connectivity index (χ1v) is 6.94. The summed E-state index contributed by atoms with van der Waals surface area (Å²) in [6, 6.07) is 5.57. The summed E-state index contributed by atoms with van der Waals surface area (Å²) in [6.07, 6.45) is 2.97. The summed E-state index contributed by atoms with van der Waals surface area (Å²) in [5.74, 6) is -0.971. The molecule has 1 aromatic rings. The van der Waals surface area contributed by atoms with E-state index in [0.29, 0.717) is 5.02 Å². The van der Waals surface area contributed by atoms with Crippen LogP contribution < -0.4 is 4.90 Å². The van der Waals surface area contributed by atoms with E-state index in [4.69, 9.17) is 21.4 Å². The summed E-state index contributed by atoms with van der Waals surface area (Å²) in [7, 11) is 0. The van der Waals surface area contributed by atoms with Crippen LogP contribution in [0.5, 0.6) is 0 Å². The van der Waals surface area contributed by atoms with E-state index in [1.165, 1.54) is 6.08 Å². The maximum Gasteiger partial charge on any atom is 0.328 e. The number of morpholine rings is 1. The van der Waals surface area contributed by atoms with E-state index in [-0.39, 0.29) is 12.2 Å². The molecule has 1 aromatic carbocycles. The van der Waals surface area contributed by atoms with Crippen molar-refractivity contribution in [2.24, 2.45) is 0 Å². The van der Waals surface area contributed by atoms with Gasteiger partial charge in [0, 0.05) is 19.2 Å². The first kappa shape index (κ1) is 14.9. The largest absolute Gasteiger partial charge is 0.478 e. The molecule has 1 fully saturated rings. The van der Waals surface area contributed by atoms with E-state index in [1.807, 2.05) is 26.0 Å². The van der Waals surface area contributed by atoms with Gasteiger partial charge in [-0.1, -0.05) is 17.7 Å². The van der Waals surface area contributed by atoms with Gasteiger partial charge >= 0.3 is 5.97 Å². The number of anilines is 1. The lowest BCUT2D eigenvalue weighted by Gasteiger charge is -2.37. The highest BCUT2D eigenvalue weighted by atomic mass is 35.5. The van der Waals surface area contributed by atoms with Crippen LogP contribution in [0.1, 0.15) is 19.4 Å². The molecule has 108 valence electrons. The average Bonchev–Trinajstić information content (AvgIpc) is 2.35. The number of aliphatic carboxylic acids is 1. The van der Waals surface area contributed by atoms with Crippen LogP contribution in [0.3, 0.4) is 0 Å². The molecule has 1 aliphatic heterocycles. The standard InChI is InChI=1S/C15H18ClNO3/c1-10-8-17(9-11(2)20-10)14-5-3-12(7-13(14)16)4-6-15(18)19/h3-7,10-11H,8-9H2,1-2H3,(H,18,19)/b6-4+. The van der Waals surface area contributed by atoms with Crippen molar-refractivity contribution in [3.05, 3.63) is 34.9 Å². The van der Waals surface area contributed by atoms with Crippen LogP contribution >= 0.6 is 11.6 Å². The molecule has 0 amide bonds. The zero-order valence-corrected chi connectivity index (χ0v) is 12.3. The summed E-state index contributed by atoms with van der Waals surface area (Å²) >= 11 is 6.31. The Morgan fingerprint density at radius 1 is 1.40 bits per heavy atom. The Kier molecular flexibility index (Phi) is 4.68. The van der Waals surface area contributed by atoms with Crippen molar-refractivity contribution in [3.8, 4) is 0 Å². The van der Waals surface area contributed by atoms with Crippen LogP contribution in [0.25, 0.3) is 6.08 Å². The van der Waals surface area contributed by atoms with Crippen LogP contribution in [0.4, 0.5) is 5.69 Å². The number of hydrogen-bond acceptors (Lipinski definition) is 3. The lowest BCUT2D eigenvalue weighted by Crippen LogP contribution is -2.45. The van der Waals surface area contributed by atoms with Crippen molar-refractivity contribution in [1.82, 2.24) is 0 Å². The Bertz CT molecular complexity index is 520. The molecular weight excluding hydrogens is 278 g/mol. The van der Waals surface area contributed by atoms with Gasteiger partial charge in [0.2, 0.25) is 0 Å². The van der Waals surface area contributed by atoms with Crippen LogP contribution in [-0.4, -0.2) is 36.4 Å². The highest BCUT2D eigenvalue weighted by molar-refractivity contribution is 6.33. The molecule has 20 heavy (non-hydrogen) atoms. The molecule has 0 radical (unpaired) electrons. The third kappa shape index (κ3) is 3.74. The fourth-order valence-electron chi connectivity index (χ4n) is 2.43. The first-order valence-electron chi connectivity index (χ1n) is 6.56. The van der Waals surface area contributed by atoms with Gasteiger partial charge in [-0.2, -0.15) is 0 Å². The quantitative estimate of drug-likeness (QED) is 0.871. The maximum absolute atomic E-state index is 10.5. The number of carboxylic acid groups (broad SMARTS) is 1. The summed E-state index contributed by atoms with van der Waals surface area (Å²) in [4.78, 5) is 12.7. The van der Waals surface area contributed by atoms with E-state index in [2.05, 4.69) is 4.90 Å². The Morgan fingerprint density at radius 3 is 2.60 bits per heavy atom. The second-order valence-corrected chi connectivity index (χ2v) is 5.45. The number of benzene rings is 1. The topological polar surface area (TPSA) is 49.8 Å². The van der Waals surface area contributed by atoms with Crippen molar-refractivity contribution in [3.63, 3.8) is 0 Å². The molecule has 2 atom stereocenters. The molecule has 0 aromatic heterocycles. The number of carbonyl (C=O) groups is 1. The normalized spacial score (nSPS) is 23.2. The van der Waals surface area contributed by atoms with Crippen molar-refractivity contribution in [2.45, 2.75) is 26.1 Å². The molecule has 5 heteroatoms. The number of halogens is 1. The van der Waals surface area contributed by atoms with Gasteiger partial charge in [0.15, 0.2) is 0 Å². The zero-order valence-electron chi connectivity index (χ0n) is 11.5. The number of hydrogen-bond donors (Lipinski definition) is 1. The average molecular weight is 296 g/mol. The van der Waals surface area contributed by atoms with E-state index in [0.717, 1.165) is 30.4 Å². The van der Waals surface area contributed by atoms with Gasteiger partial charge in [-0.15, -0.1) is 0 Å². The minimum absolute atomic E-state index is 0.168. The third-order valence-electron chi connectivity index (χ3n) is 3.15. The predicted molar refractivity (Wildman–Crippen MR) is 80.3 cm³/mol. The van der Waals surface area contributed by atoms with Crippen molar-refractivity contribution < 1.29 is 14.6 Å². The second-order valence-electron chi connectivity index (χ2n) is 5.04. The van der Waals surface area contributed by atoms with E-state index in [9.17, 15) is 4.79 Å². The summed E-state index contributed by atoms with van der Waals surface area (Å²) in [5.41, 5.74) is 1.73. The van der Waals surface area contributed by atoms with Crippen molar-refractivity contribution in [1.29, 1.82) is 0 Å². The van der Waals surface area contributed by atoms with Gasteiger partial charge in [-0.25, -0.2) is 4.79 Å². The second kappa shape index (κ2) is 6.29. The molecule has 0 spiro atoms. The highest BCUT2D eigenvalue weighted by Crippen LogP contribution is 2.29. The SMILES string of the molecule is CC1CN(c2ccc(/C=C/C(=O)O)cc2Cl)CC(C)O1. The van der Waals surface area contributed by atoms with Crippen molar-refractivity contribution in [2.75, 3.05) is 18.0 Å². The van der Waals surface area contributed by atoms with Crippen LogP contribution in [0.2, 0.25) is 5.02 Å². The molecule has 2 unspecified atom stereocenters. The molecule has 0 bridgehead atoms. The Labute approximate surface area is 123 Å². The maximum atomic E-state index is 10.5. The Hall–Kier alpha value is -1.52.